The molecule has 1 aromatic carbocycles. The number of piperidine rings is 1. The molecule has 1 amide bonds. The van der Waals surface area contributed by atoms with Crippen molar-refractivity contribution in [1.29, 1.82) is 0 Å². The fourth-order valence-corrected chi connectivity index (χ4v) is 3.40. The van der Waals surface area contributed by atoms with Crippen LogP contribution in [0.5, 0.6) is 0 Å². The van der Waals surface area contributed by atoms with Gasteiger partial charge in [-0.2, -0.15) is 0 Å². The Kier molecular flexibility index (Phi) is 6.13. The van der Waals surface area contributed by atoms with Crippen LogP contribution < -0.4 is 10.6 Å². The summed E-state index contributed by atoms with van der Waals surface area (Å²) in [5, 5.41) is 7.34. The molecule has 2 N–H and O–H groups in total. The summed E-state index contributed by atoms with van der Waals surface area (Å²) in [6.45, 7) is 4.09. The number of amides is 1. The van der Waals surface area contributed by atoms with Crippen LogP contribution in [0.15, 0.2) is 24.3 Å². The number of hydrogen-bond acceptors (Lipinski definition) is 2. The quantitative estimate of drug-likeness (QED) is 0.877. The molecular formula is C17H24Cl2N2O. The Balaban J connectivity index is 0.00000176. The molecule has 4 atom stereocenters. The molecule has 1 saturated carbocycles. The van der Waals surface area contributed by atoms with Gasteiger partial charge in [0.05, 0.1) is 12.0 Å². The van der Waals surface area contributed by atoms with E-state index < -0.39 is 0 Å². The van der Waals surface area contributed by atoms with E-state index in [4.69, 9.17) is 11.6 Å². The fourth-order valence-electron chi connectivity index (χ4n) is 3.27. The second kappa shape index (κ2) is 7.67. The minimum absolute atomic E-state index is 0. The van der Waals surface area contributed by atoms with Crippen LogP contribution in [0, 0.1) is 17.8 Å². The first-order valence-electron chi connectivity index (χ1n) is 7.91. The Bertz CT molecular complexity index is 500. The summed E-state index contributed by atoms with van der Waals surface area (Å²) in [6.07, 6.45) is 3.27. The molecule has 2 aliphatic rings. The molecule has 0 radical (unpaired) electrons. The van der Waals surface area contributed by atoms with Crippen molar-refractivity contribution in [2.45, 2.75) is 32.2 Å². The highest BCUT2D eigenvalue weighted by molar-refractivity contribution is 6.30. The molecule has 0 bridgehead atoms. The molecule has 1 aliphatic heterocycles. The van der Waals surface area contributed by atoms with E-state index in [0.29, 0.717) is 11.8 Å². The maximum absolute atomic E-state index is 12.5. The van der Waals surface area contributed by atoms with Crippen LogP contribution in [0.4, 0.5) is 0 Å². The number of hydrogen-bond donors (Lipinski definition) is 2. The molecule has 1 saturated heterocycles. The summed E-state index contributed by atoms with van der Waals surface area (Å²) in [6, 6.07) is 8.03. The third-order valence-corrected chi connectivity index (χ3v) is 5.05. The Morgan fingerprint density at radius 3 is 2.59 bits per heavy atom. The van der Waals surface area contributed by atoms with Crippen molar-refractivity contribution in [2.24, 2.45) is 17.8 Å². The van der Waals surface area contributed by atoms with Crippen molar-refractivity contribution in [3.8, 4) is 0 Å². The number of nitrogens with one attached hydrogen (secondary N) is 2. The van der Waals surface area contributed by atoms with E-state index in [1.807, 2.05) is 24.3 Å². The largest absolute Gasteiger partial charge is 0.349 e. The average molecular weight is 343 g/mol. The van der Waals surface area contributed by atoms with Gasteiger partial charge in [-0.15, -0.1) is 12.4 Å². The second-order valence-electron chi connectivity index (χ2n) is 6.46. The molecule has 1 aromatic rings. The van der Waals surface area contributed by atoms with Crippen LogP contribution in [0.1, 0.15) is 37.8 Å². The van der Waals surface area contributed by atoms with Gasteiger partial charge in [-0.25, -0.2) is 0 Å². The summed E-state index contributed by atoms with van der Waals surface area (Å²) >= 11 is 5.97. The van der Waals surface area contributed by atoms with E-state index in [1.165, 1.54) is 12.0 Å². The van der Waals surface area contributed by atoms with Gasteiger partial charge in [-0.3, -0.25) is 4.79 Å². The van der Waals surface area contributed by atoms with Crippen molar-refractivity contribution in [1.82, 2.24) is 10.6 Å². The maximum atomic E-state index is 12.5. The molecule has 5 heteroatoms. The van der Waals surface area contributed by atoms with Gasteiger partial charge in [0.25, 0.3) is 0 Å². The van der Waals surface area contributed by atoms with Crippen molar-refractivity contribution >= 4 is 29.9 Å². The molecule has 3 rings (SSSR count). The van der Waals surface area contributed by atoms with Gasteiger partial charge in [-0.05, 0) is 55.3 Å². The third kappa shape index (κ3) is 4.15. The molecule has 122 valence electrons. The smallest absolute Gasteiger partial charge is 0.224 e. The first-order chi connectivity index (χ1) is 10.1. The van der Waals surface area contributed by atoms with Gasteiger partial charge in [0, 0.05) is 11.6 Å². The summed E-state index contributed by atoms with van der Waals surface area (Å²) in [5.41, 5.74) is 1.17. The fraction of sp³-hybridized carbons (Fsp3) is 0.588. The van der Waals surface area contributed by atoms with Crippen molar-refractivity contribution in [2.75, 3.05) is 13.1 Å². The number of rotatable bonds is 4. The van der Waals surface area contributed by atoms with Gasteiger partial charge < -0.3 is 10.6 Å². The summed E-state index contributed by atoms with van der Waals surface area (Å²) in [4.78, 5) is 12.5. The van der Waals surface area contributed by atoms with Crippen molar-refractivity contribution in [3.63, 3.8) is 0 Å². The topological polar surface area (TPSA) is 41.1 Å². The number of carbonyl (C=O) groups is 1. The van der Waals surface area contributed by atoms with E-state index in [-0.39, 0.29) is 30.3 Å². The van der Waals surface area contributed by atoms with Gasteiger partial charge in [0.2, 0.25) is 5.91 Å². The lowest BCUT2D eigenvalue weighted by atomic mass is 9.96. The van der Waals surface area contributed by atoms with Gasteiger partial charge in [0.1, 0.15) is 0 Å². The van der Waals surface area contributed by atoms with Gasteiger partial charge in [0.15, 0.2) is 0 Å². The normalized spacial score (nSPS) is 28.4. The van der Waals surface area contributed by atoms with E-state index in [1.54, 1.807) is 0 Å². The van der Waals surface area contributed by atoms with Gasteiger partial charge in [-0.1, -0.05) is 30.7 Å². The van der Waals surface area contributed by atoms with Crippen molar-refractivity contribution < 1.29 is 4.79 Å². The molecule has 1 heterocycles. The summed E-state index contributed by atoms with van der Waals surface area (Å²) in [5.74, 6) is 1.56. The van der Waals surface area contributed by atoms with Crippen LogP contribution in [0.3, 0.4) is 0 Å². The molecule has 2 fully saturated rings. The zero-order valence-corrected chi connectivity index (χ0v) is 14.4. The lowest BCUT2D eigenvalue weighted by Crippen LogP contribution is -2.42. The molecule has 0 spiro atoms. The first kappa shape index (κ1) is 17.6. The standard InChI is InChI=1S/C17H23ClN2O.ClH/c1-11-9-15(11)16(12-4-6-14(18)7-5-12)20-17(21)13-3-2-8-19-10-13;/h4-7,11,13,15-16,19H,2-3,8-10H2,1H3,(H,20,21);1H. The number of benzene rings is 1. The summed E-state index contributed by atoms with van der Waals surface area (Å²) < 4.78 is 0. The monoisotopic (exact) mass is 342 g/mol. The minimum atomic E-state index is 0. The molecule has 4 unspecified atom stereocenters. The van der Waals surface area contributed by atoms with Crippen LogP contribution in [0.2, 0.25) is 5.02 Å². The molecule has 3 nitrogen and oxygen atoms in total. The Morgan fingerprint density at radius 2 is 2.05 bits per heavy atom. The van der Waals surface area contributed by atoms with Crippen molar-refractivity contribution in [3.05, 3.63) is 34.9 Å². The maximum Gasteiger partial charge on any atom is 0.224 e. The van der Waals surface area contributed by atoms with Crippen LogP contribution in [0.25, 0.3) is 0 Å². The van der Waals surface area contributed by atoms with E-state index in [0.717, 1.165) is 31.0 Å². The van der Waals surface area contributed by atoms with E-state index >= 15 is 0 Å². The Hall–Kier alpha value is -0.770. The van der Waals surface area contributed by atoms with Crippen LogP contribution in [-0.2, 0) is 4.79 Å². The molecule has 22 heavy (non-hydrogen) atoms. The number of carbonyl (C=O) groups excluding carboxylic acids is 1. The zero-order valence-electron chi connectivity index (χ0n) is 12.8. The predicted octanol–water partition coefficient (Wildman–Crippen LogP) is 3.57. The highest BCUT2D eigenvalue weighted by Crippen LogP contribution is 2.47. The third-order valence-electron chi connectivity index (χ3n) is 4.79. The predicted molar refractivity (Wildman–Crippen MR) is 92.4 cm³/mol. The minimum Gasteiger partial charge on any atom is -0.349 e. The summed E-state index contributed by atoms with van der Waals surface area (Å²) in [7, 11) is 0. The lowest BCUT2D eigenvalue weighted by molar-refractivity contribution is -0.126. The molecular weight excluding hydrogens is 319 g/mol. The average Bonchev–Trinajstić information content (AvgIpc) is 3.23. The zero-order chi connectivity index (χ0) is 14.8. The lowest BCUT2D eigenvalue weighted by Gasteiger charge is -2.26. The number of halogens is 2. The SMILES string of the molecule is CC1CC1C(NC(=O)C1CCCNC1)c1ccc(Cl)cc1.Cl. The van der Waals surface area contributed by atoms with E-state index in [9.17, 15) is 4.79 Å². The van der Waals surface area contributed by atoms with E-state index in [2.05, 4.69) is 17.6 Å². The first-order valence-corrected chi connectivity index (χ1v) is 8.29. The van der Waals surface area contributed by atoms with Crippen LogP contribution >= 0.6 is 24.0 Å². The Labute approximate surface area is 143 Å². The molecule has 0 aromatic heterocycles. The highest BCUT2D eigenvalue weighted by Gasteiger charge is 2.41. The second-order valence-corrected chi connectivity index (χ2v) is 6.89. The highest BCUT2D eigenvalue weighted by atomic mass is 35.5. The Morgan fingerprint density at radius 1 is 1.36 bits per heavy atom. The van der Waals surface area contributed by atoms with Crippen LogP contribution in [-0.4, -0.2) is 19.0 Å². The molecule has 1 aliphatic carbocycles. The van der Waals surface area contributed by atoms with Gasteiger partial charge >= 0.3 is 0 Å².